The van der Waals surface area contributed by atoms with E-state index < -0.39 is 0 Å². The molecular formula is C19H18FN3O2S. The monoisotopic (exact) mass is 371 g/mol. The van der Waals surface area contributed by atoms with E-state index in [0.29, 0.717) is 22.7 Å². The van der Waals surface area contributed by atoms with E-state index in [9.17, 15) is 9.18 Å². The molecular weight excluding hydrogens is 353 g/mol. The SMILES string of the molecule is CON(C)C(=O)c1ccc(NCc2csc(-c3ccccc3F)n2)cc1. The fourth-order valence-electron chi connectivity index (χ4n) is 2.33. The zero-order valence-electron chi connectivity index (χ0n) is 14.4. The van der Waals surface area contributed by atoms with Gasteiger partial charge in [0.25, 0.3) is 5.91 Å². The van der Waals surface area contributed by atoms with Crippen LogP contribution in [0.2, 0.25) is 0 Å². The minimum Gasteiger partial charge on any atom is -0.379 e. The first-order valence-corrected chi connectivity index (χ1v) is 8.82. The second kappa shape index (κ2) is 8.07. The van der Waals surface area contributed by atoms with Crippen molar-refractivity contribution in [1.29, 1.82) is 0 Å². The van der Waals surface area contributed by atoms with Crippen molar-refractivity contribution < 1.29 is 14.0 Å². The molecule has 2 aromatic carbocycles. The highest BCUT2D eigenvalue weighted by molar-refractivity contribution is 7.13. The van der Waals surface area contributed by atoms with Crippen LogP contribution in [0.15, 0.2) is 53.9 Å². The highest BCUT2D eigenvalue weighted by atomic mass is 32.1. The molecule has 3 rings (SSSR count). The average molecular weight is 371 g/mol. The molecule has 1 heterocycles. The molecule has 1 amide bonds. The van der Waals surface area contributed by atoms with Crippen LogP contribution in [0, 0.1) is 5.82 Å². The number of carbonyl (C=O) groups is 1. The second-order valence-corrected chi connectivity index (χ2v) is 6.40. The maximum Gasteiger partial charge on any atom is 0.277 e. The number of aromatic nitrogens is 1. The lowest BCUT2D eigenvalue weighted by molar-refractivity contribution is -0.0756. The van der Waals surface area contributed by atoms with E-state index >= 15 is 0 Å². The van der Waals surface area contributed by atoms with Crippen molar-refractivity contribution in [2.24, 2.45) is 0 Å². The fourth-order valence-corrected chi connectivity index (χ4v) is 3.18. The second-order valence-electron chi connectivity index (χ2n) is 5.54. The summed E-state index contributed by atoms with van der Waals surface area (Å²) in [7, 11) is 3.00. The van der Waals surface area contributed by atoms with Crippen LogP contribution in [-0.2, 0) is 11.4 Å². The van der Waals surface area contributed by atoms with Crippen LogP contribution in [0.25, 0.3) is 10.6 Å². The molecule has 7 heteroatoms. The van der Waals surface area contributed by atoms with E-state index in [1.165, 1.54) is 29.6 Å². The minimum absolute atomic E-state index is 0.215. The molecule has 0 unspecified atom stereocenters. The lowest BCUT2D eigenvalue weighted by Crippen LogP contribution is -2.25. The van der Waals surface area contributed by atoms with Crippen LogP contribution < -0.4 is 5.32 Å². The normalized spacial score (nSPS) is 10.6. The Balaban J connectivity index is 1.63. The quantitative estimate of drug-likeness (QED) is 0.660. The third-order valence-corrected chi connectivity index (χ3v) is 4.75. The van der Waals surface area contributed by atoms with Crippen molar-refractivity contribution in [2.75, 3.05) is 19.5 Å². The van der Waals surface area contributed by atoms with Gasteiger partial charge in [-0.05, 0) is 36.4 Å². The summed E-state index contributed by atoms with van der Waals surface area (Å²) in [4.78, 5) is 21.3. The van der Waals surface area contributed by atoms with Crippen molar-refractivity contribution in [1.82, 2.24) is 10.0 Å². The number of halogens is 1. The van der Waals surface area contributed by atoms with Gasteiger partial charge in [-0.25, -0.2) is 14.4 Å². The van der Waals surface area contributed by atoms with Crippen molar-refractivity contribution in [3.8, 4) is 10.6 Å². The van der Waals surface area contributed by atoms with Gasteiger partial charge in [0, 0.05) is 29.2 Å². The molecule has 26 heavy (non-hydrogen) atoms. The maximum absolute atomic E-state index is 13.8. The number of nitrogens with one attached hydrogen (secondary N) is 1. The minimum atomic E-state index is -0.275. The van der Waals surface area contributed by atoms with Gasteiger partial charge in [-0.2, -0.15) is 0 Å². The van der Waals surface area contributed by atoms with Crippen LogP contribution in [-0.4, -0.2) is 30.1 Å². The zero-order valence-corrected chi connectivity index (χ0v) is 15.2. The van der Waals surface area contributed by atoms with Crippen molar-refractivity contribution >= 4 is 22.9 Å². The topological polar surface area (TPSA) is 54.5 Å². The number of benzene rings is 2. The van der Waals surface area contributed by atoms with Gasteiger partial charge in [-0.3, -0.25) is 9.63 Å². The molecule has 0 bridgehead atoms. The van der Waals surface area contributed by atoms with Crippen molar-refractivity contribution in [3.63, 3.8) is 0 Å². The van der Waals surface area contributed by atoms with E-state index in [4.69, 9.17) is 4.84 Å². The van der Waals surface area contributed by atoms with Gasteiger partial charge in [-0.1, -0.05) is 12.1 Å². The Morgan fingerprint density at radius 3 is 2.65 bits per heavy atom. The van der Waals surface area contributed by atoms with Gasteiger partial charge < -0.3 is 5.32 Å². The predicted octanol–water partition coefficient (Wildman–Crippen LogP) is 4.19. The predicted molar refractivity (Wildman–Crippen MR) is 100 cm³/mol. The highest BCUT2D eigenvalue weighted by Crippen LogP contribution is 2.26. The molecule has 0 aliphatic heterocycles. The van der Waals surface area contributed by atoms with Gasteiger partial charge in [0.2, 0.25) is 0 Å². The number of hydrogen-bond acceptors (Lipinski definition) is 5. The van der Waals surface area contributed by atoms with Crippen LogP contribution in [0.3, 0.4) is 0 Å². The molecule has 5 nitrogen and oxygen atoms in total. The maximum atomic E-state index is 13.8. The number of rotatable bonds is 6. The van der Waals surface area contributed by atoms with Crippen LogP contribution in [0.5, 0.6) is 0 Å². The number of thiazole rings is 1. The summed E-state index contributed by atoms with van der Waals surface area (Å²) in [6, 6.07) is 13.7. The first kappa shape index (κ1) is 18.0. The standard InChI is InChI=1S/C19H18FN3O2S/c1-23(25-2)19(24)13-7-9-14(10-8-13)21-11-15-12-26-18(22-15)16-5-3-4-6-17(16)20/h3-10,12,21H,11H2,1-2H3. The number of hydroxylamine groups is 2. The number of anilines is 1. The van der Waals surface area contributed by atoms with E-state index in [2.05, 4.69) is 10.3 Å². The summed E-state index contributed by atoms with van der Waals surface area (Å²) >= 11 is 1.41. The molecule has 0 saturated heterocycles. The number of nitrogens with zero attached hydrogens (tertiary/aromatic N) is 2. The first-order chi connectivity index (χ1) is 12.6. The lowest BCUT2D eigenvalue weighted by atomic mass is 10.2. The Bertz CT molecular complexity index is 896. The Hall–Kier alpha value is -2.77. The largest absolute Gasteiger partial charge is 0.379 e. The van der Waals surface area contributed by atoms with E-state index in [1.807, 2.05) is 17.5 Å². The summed E-state index contributed by atoms with van der Waals surface area (Å²) in [5, 5.41) is 6.97. The van der Waals surface area contributed by atoms with Crippen LogP contribution in [0.4, 0.5) is 10.1 Å². The first-order valence-electron chi connectivity index (χ1n) is 7.94. The molecule has 0 fully saturated rings. The van der Waals surface area contributed by atoms with E-state index in [-0.39, 0.29) is 11.7 Å². The number of amides is 1. The summed E-state index contributed by atoms with van der Waals surface area (Å²) in [5.41, 5.74) is 2.74. The van der Waals surface area contributed by atoms with Gasteiger partial charge in [-0.15, -0.1) is 11.3 Å². The molecule has 0 aliphatic carbocycles. The van der Waals surface area contributed by atoms with Gasteiger partial charge >= 0.3 is 0 Å². The molecule has 1 N–H and O–H groups in total. The van der Waals surface area contributed by atoms with E-state index in [0.717, 1.165) is 11.4 Å². The number of hydrogen-bond donors (Lipinski definition) is 1. The van der Waals surface area contributed by atoms with Gasteiger partial charge in [0.05, 0.1) is 19.3 Å². The highest BCUT2D eigenvalue weighted by Gasteiger charge is 2.11. The molecule has 0 saturated carbocycles. The van der Waals surface area contributed by atoms with Crippen molar-refractivity contribution in [2.45, 2.75) is 6.54 Å². The summed E-state index contributed by atoms with van der Waals surface area (Å²) in [6.45, 7) is 0.510. The smallest absolute Gasteiger partial charge is 0.277 e. The molecule has 0 spiro atoms. The zero-order chi connectivity index (χ0) is 18.5. The number of carbonyl (C=O) groups excluding carboxylic acids is 1. The average Bonchev–Trinajstić information content (AvgIpc) is 3.14. The Morgan fingerprint density at radius 2 is 1.96 bits per heavy atom. The third-order valence-electron chi connectivity index (χ3n) is 3.82. The Kier molecular flexibility index (Phi) is 5.60. The summed E-state index contributed by atoms with van der Waals surface area (Å²) in [5.74, 6) is -0.490. The summed E-state index contributed by atoms with van der Waals surface area (Å²) in [6.07, 6.45) is 0. The molecule has 134 valence electrons. The fraction of sp³-hybridized carbons (Fsp3) is 0.158. The summed E-state index contributed by atoms with van der Waals surface area (Å²) < 4.78 is 13.8. The lowest BCUT2D eigenvalue weighted by Gasteiger charge is -2.13. The molecule has 0 atom stereocenters. The van der Waals surface area contributed by atoms with Crippen LogP contribution >= 0.6 is 11.3 Å². The Labute approximate surface area is 155 Å². The Morgan fingerprint density at radius 1 is 1.23 bits per heavy atom. The van der Waals surface area contributed by atoms with Crippen molar-refractivity contribution in [3.05, 3.63) is 71.0 Å². The van der Waals surface area contributed by atoms with Gasteiger partial charge in [0.1, 0.15) is 10.8 Å². The van der Waals surface area contributed by atoms with E-state index in [1.54, 1.807) is 37.4 Å². The molecule has 3 aromatic rings. The third kappa shape index (κ3) is 4.07. The van der Waals surface area contributed by atoms with Gasteiger partial charge in [0.15, 0.2) is 0 Å². The molecule has 1 aromatic heterocycles. The van der Waals surface area contributed by atoms with Crippen LogP contribution in [0.1, 0.15) is 16.1 Å². The molecule has 0 aliphatic rings. The molecule has 0 radical (unpaired) electrons.